The molecular formula is C24H21BrN2O3S. The lowest BCUT2D eigenvalue weighted by molar-refractivity contribution is -0.123. The second-order valence-electron chi connectivity index (χ2n) is 7.13. The number of para-hydroxylation sites is 1. The van der Waals surface area contributed by atoms with Crippen molar-refractivity contribution in [3.05, 3.63) is 87.0 Å². The molecule has 0 bridgehead atoms. The van der Waals surface area contributed by atoms with Crippen LogP contribution in [0, 0.1) is 13.8 Å². The second-order valence-corrected chi connectivity index (χ2v) is 9.04. The summed E-state index contributed by atoms with van der Waals surface area (Å²) in [7, 11) is 0. The number of hydrogen-bond acceptors (Lipinski definition) is 4. The van der Waals surface area contributed by atoms with Crippen molar-refractivity contribution in [3.63, 3.8) is 0 Å². The Morgan fingerprint density at radius 1 is 1.03 bits per heavy atom. The van der Waals surface area contributed by atoms with E-state index in [1.165, 1.54) is 4.90 Å². The molecule has 0 spiro atoms. The first-order valence-electron chi connectivity index (χ1n) is 9.82. The molecule has 2 amide bonds. The maximum atomic E-state index is 12.8. The molecule has 31 heavy (non-hydrogen) atoms. The molecule has 0 N–H and O–H groups in total. The SMILES string of the molecule is Cc1cc(/C=C2\SC(=O)N(CCOc3ccccc3)C2=O)c(C)n1-c1ccc(Br)cc1. The van der Waals surface area contributed by atoms with Gasteiger partial charge in [-0.05, 0) is 79.7 Å². The molecule has 4 rings (SSSR count). The second kappa shape index (κ2) is 9.16. The summed E-state index contributed by atoms with van der Waals surface area (Å²) in [6, 6.07) is 19.4. The number of amides is 2. The van der Waals surface area contributed by atoms with Crippen molar-refractivity contribution in [3.8, 4) is 11.4 Å². The number of thioether (sulfide) groups is 1. The van der Waals surface area contributed by atoms with Gasteiger partial charge in [-0.1, -0.05) is 34.1 Å². The van der Waals surface area contributed by atoms with Gasteiger partial charge in [-0.25, -0.2) is 0 Å². The summed E-state index contributed by atoms with van der Waals surface area (Å²) in [5, 5.41) is -0.269. The molecule has 2 heterocycles. The van der Waals surface area contributed by atoms with Gasteiger partial charge in [-0.15, -0.1) is 0 Å². The molecule has 1 fully saturated rings. The number of ether oxygens (including phenoxy) is 1. The van der Waals surface area contributed by atoms with E-state index >= 15 is 0 Å². The number of imide groups is 1. The lowest BCUT2D eigenvalue weighted by atomic mass is 10.2. The van der Waals surface area contributed by atoms with Gasteiger partial charge in [-0.3, -0.25) is 14.5 Å². The summed E-state index contributed by atoms with van der Waals surface area (Å²) in [6.07, 6.45) is 1.81. The fraction of sp³-hybridized carbons (Fsp3) is 0.167. The molecule has 1 saturated heterocycles. The smallest absolute Gasteiger partial charge is 0.293 e. The van der Waals surface area contributed by atoms with Crippen LogP contribution < -0.4 is 4.74 Å². The summed E-state index contributed by atoms with van der Waals surface area (Å²) in [5.41, 5.74) is 4.04. The topological polar surface area (TPSA) is 51.5 Å². The third-order valence-electron chi connectivity index (χ3n) is 5.04. The van der Waals surface area contributed by atoms with Gasteiger partial charge in [0.05, 0.1) is 11.4 Å². The molecule has 0 aliphatic carbocycles. The lowest BCUT2D eigenvalue weighted by Crippen LogP contribution is -2.32. The molecule has 0 saturated carbocycles. The van der Waals surface area contributed by atoms with Crippen LogP contribution in [0.2, 0.25) is 0 Å². The van der Waals surface area contributed by atoms with Crippen molar-refractivity contribution in [2.24, 2.45) is 0 Å². The van der Waals surface area contributed by atoms with Crippen molar-refractivity contribution in [1.29, 1.82) is 0 Å². The van der Waals surface area contributed by atoms with Crippen LogP contribution in [0.4, 0.5) is 4.79 Å². The number of carbonyl (C=O) groups is 2. The van der Waals surface area contributed by atoms with E-state index in [1.54, 1.807) is 6.08 Å². The molecular weight excluding hydrogens is 476 g/mol. The largest absolute Gasteiger partial charge is 0.492 e. The molecule has 5 nitrogen and oxygen atoms in total. The number of hydrogen-bond donors (Lipinski definition) is 0. The van der Waals surface area contributed by atoms with Gasteiger partial charge in [0.15, 0.2) is 0 Å². The summed E-state index contributed by atoms with van der Waals surface area (Å²) >= 11 is 4.43. The van der Waals surface area contributed by atoms with Crippen molar-refractivity contribution in [1.82, 2.24) is 9.47 Å². The Bertz CT molecular complexity index is 1150. The molecule has 0 atom stereocenters. The third-order valence-corrected chi connectivity index (χ3v) is 6.48. The first kappa shape index (κ1) is 21.5. The Labute approximate surface area is 193 Å². The van der Waals surface area contributed by atoms with Gasteiger partial charge in [0.2, 0.25) is 0 Å². The number of carbonyl (C=O) groups excluding carboxylic acids is 2. The van der Waals surface area contributed by atoms with E-state index in [-0.39, 0.29) is 24.3 Å². The van der Waals surface area contributed by atoms with Gasteiger partial charge in [0, 0.05) is 21.5 Å². The minimum Gasteiger partial charge on any atom is -0.492 e. The molecule has 0 radical (unpaired) electrons. The number of halogens is 1. The van der Waals surface area contributed by atoms with E-state index in [0.717, 1.165) is 38.9 Å². The fourth-order valence-electron chi connectivity index (χ4n) is 3.53. The highest BCUT2D eigenvalue weighted by molar-refractivity contribution is 9.10. The molecule has 7 heteroatoms. The first-order valence-corrected chi connectivity index (χ1v) is 11.4. The Morgan fingerprint density at radius 3 is 2.45 bits per heavy atom. The first-order chi connectivity index (χ1) is 14.9. The molecule has 1 aliphatic rings. The summed E-state index contributed by atoms with van der Waals surface area (Å²) in [5.74, 6) is 0.436. The Balaban J connectivity index is 1.50. The predicted octanol–water partition coefficient (Wildman–Crippen LogP) is 5.97. The average Bonchev–Trinajstić information content (AvgIpc) is 3.19. The van der Waals surface area contributed by atoms with Crippen molar-refractivity contribution < 1.29 is 14.3 Å². The predicted molar refractivity (Wildman–Crippen MR) is 128 cm³/mol. The van der Waals surface area contributed by atoms with Crippen LogP contribution in [-0.4, -0.2) is 33.8 Å². The third kappa shape index (κ3) is 4.62. The van der Waals surface area contributed by atoms with Gasteiger partial charge < -0.3 is 9.30 Å². The van der Waals surface area contributed by atoms with Crippen LogP contribution in [0.1, 0.15) is 17.0 Å². The van der Waals surface area contributed by atoms with E-state index < -0.39 is 0 Å². The normalized spacial score (nSPS) is 15.2. The van der Waals surface area contributed by atoms with Crippen LogP contribution in [0.25, 0.3) is 11.8 Å². The highest BCUT2D eigenvalue weighted by Crippen LogP contribution is 2.33. The van der Waals surface area contributed by atoms with Crippen LogP contribution in [0.5, 0.6) is 5.75 Å². The van der Waals surface area contributed by atoms with Gasteiger partial charge in [-0.2, -0.15) is 0 Å². The summed E-state index contributed by atoms with van der Waals surface area (Å²) in [6.45, 7) is 4.51. The van der Waals surface area contributed by atoms with E-state index in [0.29, 0.717) is 10.7 Å². The van der Waals surface area contributed by atoms with E-state index in [4.69, 9.17) is 4.74 Å². The zero-order valence-electron chi connectivity index (χ0n) is 17.2. The Morgan fingerprint density at radius 2 is 1.74 bits per heavy atom. The molecule has 1 aromatic heterocycles. The van der Waals surface area contributed by atoms with Gasteiger partial charge in [0.1, 0.15) is 12.4 Å². The van der Waals surface area contributed by atoms with Crippen molar-refractivity contribution in [2.45, 2.75) is 13.8 Å². The number of aryl methyl sites for hydroxylation is 1. The monoisotopic (exact) mass is 496 g/mol. The maximum absolute atomic E-state index is 12.8. The zero-order valence-corrected chi connectivity index (χ0v) is 19.6. The standard InChI is InChI=1S/C24H21BrN2O3S/c1-16-14-18(17(2)27(16)20-10-8-19(25)9-11-20)15-22-23(28)26(24(29)31-22)12-13-30-21-6-4-3-5-7-21/h3-11,14-15H,12-13H2,1-2H3/b22-15-. The number of rotatable bonds is 6. The molecule has 2 aromatic carbocycles. The van der Waals surface area contributed by atoms with Crippen LogP contribution in [-0.2, 0) is 4.79 Å². The highest BCUT2D eigenvalue weighted by atomic mass is 79.9. The minimum absolute atomic E-state index is 0.217. The maximum Gasteiger partial charge on any atom is 0.293 e. The van der Waals surface area contributed by atoms with Crippen LogP contribution in [0.3, 0.4) is 0 Å². The van der Waals surface area contributed by atoms with Crippen molar-refractivity contribution in [2.75, 3.05) is 13.2 Å². The number of benzene rings is 2. The fourth-order valence-corrected chi connectivity index (χ4v) is 4.65. The number of nitrogens with zero attached hydrogens (tertiary/aromatic N) is 2. The van der Waals surface area contributed by atoms with E-state index in [2.05, 4.69) is 20.5 Å². The van der Waals surface area contributed by atoms with Crippen molar-refractivity contribution >= 4 is 44.9 Å². The molecule has 1 aliphatic heterocycles. The quantitative estimate of drug-likeness (QED) is 0.394. The average molecular weight is 497 g/mol. The zero-order chi connectivity index (χ0) is 22.0. The number of aromatic nitrogens is 1. The highest BCUT2D eigenvalue weighted by Gasteiger charge is 2.35. The summed E-state index contributed by atoms with van der Waals surface area (Å²) < 4.78 is 8.78. The molecule has 3 aromatic rings. The van der Waals surface area contributed by atoms with Gasteiger partial charge >= 0.3 is 0 Å². The minimum atomic E-state index is -0.278. The molecule has 0 unspecified atom stereocenters. The Kier molecular flexibility index (Phi) is 6.34. The lowest BCUT2D eigenvalue weighted by Gasteiger charge is -2.13. The van der Waals surface area contributed by atoms with Gasteiger partial charge in [0.25, 0.3) is 11.1 Å². The van der Waals surface area contributed by atoms with E-state index in [9.17, 15) is 9.59 Å². The Hall–Kier alpha value is -2.77. The summed E-state index contributed by atoms with van der Waals surface area (Å²) in [4.78, 5) is 26.9. The molecule has 158 valence electrons. The van der Waals surface area contributed by atoms with Crippen LogP contribution >= 0.6 is 27.7 Å². The van der Waals surface area contributed by atoms with E-state index in [1.807, 2.05) is 74.5 Å². The van der Waals surface area contributed by atoms with Crippen LogP contribution in [0.15, 0.2) is 70.0 Å².